The number of thioether (sulfide) groups is 1. The molecule has 0 aliphatic carbocycles. The van der Waals surface area contributed by atoms with Gasteiger partial charge in [-0.1, -0.05) is 37.7 Å². The molecular weight excluding hydrogens is 384 g/mol. The fourth-order valence-corrected chi connectivity index (χ4v) is 3.88. The van der Waals surface area contributed by atoms with E-state index in [0.29, 0.717) is 40.7 Å². The van der Waals surface area contributed by atoms with E-state index in [0.717, 1.165) is 12.2 Å². The van der Waals surface area contributed by atoms with Gasteiger partial charge in [0.1, 0.15) is 5.75 Å². The molecule has 0 aliphatic heterocycles. The number of nitrogens with zero attached hydrogens (tertiary/aromatic N) is 2. The zero-order valence-corrected chi connectivity index (χ0v) is 17.9. The molecule has 0 saturated heterocycles. The first-order valence-corrected chi connectivity index (χ1v) is 10.9. The van der Waals surface area contributed by atoms with Crippen LogP contribution in [-0.4, -0.2) is 27.7 Å². The molecule has 0 bridgehead atoms. The lowest BCUT2D eigenvalue weighted by atomic mass is 10.1. The average molecular weight is 411 g/mol. The van der Waals surface area contributed by atoms with E-state index in [9.17, 15) is 9.59 Å². The Labute approximate surface area is 175 Å². The van der Waals surface area contributed by atoms with Gasteiger partial charge in [0.2, 0.25) is 0 Å². The van der Waals surface area contributed by atoms with Crippen LogP contribution in [0.15, 0.2) is 58.5 Å². The first kappa shape index (κ1) is 21.1. The SMILES string of the molecule is CCOc1ccc(C(=O)CSc2nc3ccccc3c(=O)n2CCC(C)C)cc1. The van der Waals surface area contributed by atoms with Crippen molar-refractivity contribution < 1.29 is 9.53 Å². The van der Waals surface area contributed by atoms with E-state index in [1.165, 1.54) is 11.8 Å². The zero-order valence-electron chi connectivity index (χ0n) is 17.1. The van der Waals surface area contributed by atoms with Gasteiger partial charge in [-0.05, 0) is 55.7 Å². The van der Waals surface area contributed by atoms with Crippen LogP contribution in [0.4, 0.5) is 0 Å². The van der Waals surface area contributed by atoms with Crippen molar-refractivity contribution in [2.24, 2.45) is 5.92 Å². The highest BCUT2D eigenvalue weighted by atomic mass is 32.2. The van der Waals surface area contributed by atoms with Crippen molar-refractivity contribution in [3.8, 4) is 5.75 Å². The number of ketones is 1. The third kappa shape index (κ3) is 5.26. The summed E-state index contributed by atoms with van der Waals surface area (Å²) >= 11 is 1.32. The molecule has 29 heavy (non-hydrogen) atoms. The van der Waals surface area contributed by atoms with Gasteiger partial charge in [0, 0.05) is 12.1 Å². The maximum absolute atomic E-state index is 13.0. The molecule has 152 valence electrons. The number of rotatable bonds is 9. The van der Waals surface area contributed by atoms with E-state index in [2.05, 4.69) is 18.8 Å². The van der Waals surface area contributed by atoms with Crippen molar-refractivity contribution in [1.29, 1.82) is 0 Å². The summed E-state index contributed by atoms with van der Waals surface area (Å²) in [5.41, 5.74) is 1.24. The van der Waals surface area contributed by atoms with Gasteiger partial charge >= 0.3 is 0 Å². The van der Waals surface area contributed by atoms with Gasteiger partial charge in [-0.3, -0.25) is 14.2 Å². The first-order chi connectivity index (χ1) is 14.0. The summed E-state index contributed by atoms with van der Waals surface area (Å²) in [5.74, 6) is 1.43. The molecule has 0 aliphatic rings. The summed E-state index contributed by atoms with van der Waals surface area (Å²) in [7, 11) is 0. The van der Waals surface area contributed by atoms with Gasteiger partial charge in [-0.15, -0.1) is 0 Å². The second-order valence-corrected chi connectivity index (χ2v) is 8.16. The molecule has 0 radical (unpaired) electrons. The normalized spacial score (nSPS) is 11.2. The van der Waals surface area contributed by atoms with Gasteiger partial charge < -0.3 is 4.74 Å². The highest BCUT2D eigenvalue weighted by molar-refractivity contribution is 7.99. The molecule has 0 unspecified atom stereocenters. The Morgan fingerprint density at radius 3 is 2.55 bits per heavy atom. The van der Waals surface area contributed by atoms with Crippen molar-refractivity contribution in [2.75, 3.05) is 12.4 Å². The van der Waals surface area contributed by atoms with Crippen LogP contribution in [-0.2, 0) is 6.54 Å². The molecule has 2 aromatic carbocycles. The number of ether oxygens (including phenoxy) is 1. The molecule has 1 aromatic heterocycles. The van der Waals surface area contributed by atoms with Gasteiger partial charge in [-0.2, -0.15) is 0 Å². The van der Waals surface area contributed by atoms with Crippen LogP contribution in [0, 0.1) is 5.92 Å². The number of para-hydroxylation sites is 1. The summed E-state index contributed by atoms with van der Waals surface area (Å²) in [4.78, 5) is 30.3. The predicted octanol–water partition coefficient (Wildman–Crippen LogP) is 4.82. The van der Waals surface area contributed by atoms with Crippen LogP contribution in [0.1, 0.15) is 37.6 Å². The minimum atomic E-state index is -0.0488. The lowest BCUT2D eigenvalue weighted by Gasteiger charge is -2.14. The third-order valence-electron chi connectivity index (χ3n) is 4.58. The fourth-order valence-electron chi connectivity index (χ4n) is 2.96. The Balaban J connectivity index is 1.83. The Morgan fingerprint density at radius 2 is 1.86 bits per heavy atom. The quantitative estimate of drug-likeness (QED) is 0.288. The van der Waals surface area contributed by atoms with E-state index < -0.39 is 0 Å². The van der Waals surface area contributed by atoms with Crippen LogP contribution >= 0.6 is 11.8 Å². The fraction of sp³-hybridized carbons (Fsp3) is 0.348. The standard InChI is InChI=1S/C23H26N2O3S/c1-4-28-18-11-9-17(10-12-18)21(26)15-29-23-24-20-8-6-5-7-19(20)22(27)25(23)14-13-16(2)3/h5-12,16H,4,13-15H2,1-3H3. The van der Waals surface area contributed by atoms with Crippen LogP contribution < -0.4 is 10.3 Å². The number of carbonyl (C=O) groups excluding carboxylic acids is 1. The molecule has 0 atom stereocenters. The van der Waals surface area contributed by atoms with E-state index >= 15 is 0 Å². The van der Waals surface area contributed by atoms with Crippen molar-refractivity contribution in [1.82, 2.24) is 9.55 Å². The van der Waals surface area contributed by atoms with Gasteiger partial charge in [0.25, 0.3) is 5.56 Å². The first-order valence-electron chi connectivity index (χ1n) is 9.88. The van der Waals surface area contributed by atoms with Crippen LogP contribution in [0.2, 0.25) is 0 Å². The maximum Gasteiger partial charge on any atom is 0.262 e. The van der Waals surface area contributed by atoms with Crippen LogP contribution in [0.3, 0.4) is 0 Å². The number of hydrogen-bond donors (Lipinski definition) is 0. The summed E-state index contributed by atoms with van der Waals surface area (Å²) in [6.07, 6.45) is 0.875. The van der Waals surface area contributed by atoms with E-state index in [1.54, 1.807) is 34.9 Å². The summed E-state index contributed by atoms with van der Waals surface area (Å²) in [5, 5.41) is 1.20. The lowest BCUT2D eigenvalue weighted by Crippen LogP contribution is -2.24. The molecule has 3 aromatic rings. The predicted molar refractivity (Wildman–Crippen MR) is 118 cm³/mol. The Kier molecular flexibility index (Phi) is 7.09. The summed E-state index contributed by atoms with van der Waals surface area (Å²) < 4.78 is 7.13. The van der Waals surface area contributed by atoms with E-state index in [1.807, 2.05) is 25.1 Å². The highest BCUT2D eigenvalue weighted by Gasteiger charge is 2.14. The Hall–Kier alpha value is -2.60. The number of hydrogen-bond acceptors (Lipinski definition) is 5. The molecule has 3 rings (SSSR count). The van der Waals surface area contributed by atoms with Crippen LogP contribution in [0.5, 0.6) is 5.75 Å². The second kappa shape index (κ2) is 9.74. The van der Waals surface area contributed by atoms with Crippen molar-refractivity contribution in [3.05, 3.63) is 64.4 Å². The molecule has 0 spiro atoms. The van der Waals surface area contributed by atoms with Crippen molar-refractivity contribution in [2.45, 2.75) is 38.9 Å². The second-order valence-electron chi connectivity index (χ2n) is 7.22. The van der Waals surface area contributed by atoms with E-state index in [4.69, 9.17) is 4.74 Å². The average Bonchev–Trinajstić information content (AvgIpc) is 2.72. The molecule has 5 nitrogen and oxygen atoms in total. The number of Topliss-reactive ketones (excluding diaryl/α,β-unsaturated/α-hetero) is 1. The highest BCUT2D eigenvalue weighted by Crippen LogP contribution is 2.21. The van der Waals surface area contributed by atoms with Crippen molar-refractivity contribution in [3.63, 3.8) is 0 Å². The molecule has 0 N–H and O–H groups in total. The number of fused-ring (bicyclic) bond motifs is 1. The van der Waals surface area contributed by atoms with Crippen molar-refractivity contribution >= 4 is 28.4 Å². The van der Waals surface area contributed by atoms with Gasteiger partial charge in [-0.25, -0.2) is 4.98 Å². The lowest BCUT2D eigenvalue weighted by molar-refractivity contribution is 0.102. The van der Waals surface area contributed by atoms with Gasteiger partial charge in [0.05, 0.1) is 23.3 Å². The number of benzene rings is 2. The smallest absolute Gasteiger partial charge is 0.262 e. The number of aromatic nitrogens is 2. The Bertz CT molecular complexity index is 1040. The largest absolute Gasteiger partial charge is 0.494 e. The summed E-state index contributed by atoms with van der Waals surface area (Å²) in [6, 6.07) is 14.5. The molecule has 1 heterocycles. The number of carbonyl (C=O) groups is 1. The topological polar surface area (TPSA) is 61.2 Å². The van der Waals surface area contributed by atoms with Gasteiger partial charge in [0.15, 0.2) is 10.9 Å². The van der Waals surface area contributed by atoms with Crippen LogP contribution in [0.25, 0.3) is 10.9 Å². The molecule has 0 saturated carbocycles. The Morgan fingerprint density at radius 1 is 1.14 bits per heavy atom. The molecular formula is C23H26N2O3S. The third-order valence-corrected chi connectivity index (χ3v) is 5.55. The summed E-state index contributed by atoms with van der Waals surface area (Å²) in [6.45, 7) is 7.35. The van der Waals surface area contributed by atoms with E-state index in [-0.39, 0.29) is 17.1 Å². The molecule has 0 amide bonds. The minimum absolute atomic E-state index is 0.00383. The minimum Gasteiger partial charge on any atom is -0.494 e. The molecule has 0 fully saturated rings. The monoisotopic (exact) mass is 410 g/mol. The zero-order chi connectivity index (χ0) is 20.8. The maximum atomic E-state index is 13.0. The molecule has 6 heteroatoms.